The van der Waals surface area contributed by atoms with Crippen molar-refractivity contribution in [3.8, 4) is 0 Å². The van der Waals surface area contributed by atoms with Crippen LogP contribution in [0.2, 0.25) is 0 Å². The molecule has 1 amide bonds. The van der Waals surface area contributed by atoms with Crippen LogP contribution >= 0.6 is 12.4 Å². The maximum Gasteiger partial charge on any atom is 0.239 e. The molecule has 4 heteroatoms. The summed E-state index contributed by atoms with van der Waals surface area (Å²) in [5.74, 6) is 0.0949. The van der Waals surface area contributed by atoms with Gasteiger partial charge in [0.25, 0.3) is 0 Å². The summed E-state index contributed by atoms with van der Waals surface area (Å²) in [6.45, 7) is 0.868. The zero-order chi connectivity index (χ0) is 7.56. The fourth-order valence-electron chi connectivity index (χ4n) is 1.23. The summed E-state index contributed by atoms with van der Waals surface area (Å²) in [4.78, 5) is 12.9. The summed E-state index contributed by atoms with van der Waals surface area (Å²) < 4.78 is 0. The van der Waals surface area contributed by atoms with Gasteiger partial charge in [-0.05, 0) is 19.3 Å². The number of nitrogens with zero attached hydrogens (tertiary/aromatic N) is 1. The molecule has 1 saturated heterocycles. The van der Waals surface area contributed by atoms with E-state index in [1.54, 1.807) is 4.90 Å². The minimum Gasteiger partial charge on any atom is -0.344 e. The van der Waals surface area contributed by atoms with Crippen molar-refractivity contribution in [1.29, 1.82) is 0 Å². The van der Waals surface area contributed by atoms with Crippen molar-refractivity contribution in [2.75, 3.05) is 13.6 Å². The Bertz CT molecular complexity index is 126. The molecule has 0 aromatic carbocycles. The summed E-state index contributed by atoms with van der Waals surface area (Å²) in [7, 11) is 1.81. The Morgan fingerprint density at radius 1 is 1.55 bits per heavy atom. The van der Waals surface area contributed by atoms with Gasteiger partial charge in [-0.25, -0.2) is 0 Å². The topological polar surface area (TPSA) is 46.3 Å². The van der Waals surface area contributed by atoms with E-state index >= 15 is 0 Å². The molecule has 0 aromatic heterocycles. The Kier molecular flexibility index (Phi) is 4.45. The molecular weight excluding hydrogens is 164 g/mol. The Balaban J connectivity index is 0.000001000. The number of amides is 1. The molecule has 2 N–H and O–H groups in total. The average Bonchev–Trinajstić information content (AvgIpc) is 2.04. The van der Waals surface area contributed by atoms with Crippen LogP contribution in [0.4, 0.5) is 0 Å². The van der Waals surface area contributed by atoms with E-state index in [0.717, 1.165) is 25.8 Å². The van der Waals surface area contributed by atoms with Gasteiger partial charge in [0.1, 0.15) is 0 Å². The molecule has 0 aromatic rings. The summed E-state index contributed by atoms with van der Waals surface area (Å²) in [5.41, 5.74) is 5.58. The molecule has 3 nitrogen and oxygen atoms in total. The molecular formula is C7H15ClN2O. The molecule has 1 fully saturated rings. The molecule has 1 aliphatic rings. The summed E-state index contributed by atoms with van der Waals surface area (Å²) in [6, 6.07) is -0.243. The van der Waals surface area contributed by atoms with Crippen molar-refractivity contribution in [3.05, 3.63) is 0 Å². The van der Waals surface area contributed by atoms with Gasteiger partial charge in [0.2, 0.25) is 5.91 Å². The summed E-state index contributed by atoms with van der Waals surface area (Å²) >= 11 is 0. The number of rotatable bonds is 0. The van der Waals surface area contributed by atoms with Gasteiger partial charge in [0, 0.05) is 13.6 Å². The van der Waals surface area contributed by atoms with Crippen LogP contribution in [0.25, 0.3) is 0 Å². The third-order valence-electron chi connectivity index (χ3n) is 1.95. The van der Waals surface area contributed by atoms with E-state index in [9.17, 15) is 4.79 Å². The quantitative estimate of drug-likeness (QED) is 0.583. The maximum atomic E-state index is 11.1. The van der Waals surface area contributed by atoms with Crippen LogP contribution in [-0.2, 0) is 4.79 Å². The van der Waals surface area contributed by atoms with Crippen LogP contribution in [0.5, 0.6) is 0 Å². The Morgan fingerprint density at radius 3 is 2.82 bits per heavy atom. The standard InChI is InChI=1S/C7H14N2O.ClH/c1-9-5-3-2-4-6(8)7(9)10;/h6H,2-5,8H2,1H3;1H/t6-;/m0./s1. The van der Waals surface area contributed by atoms with E-state index < -0.39 is 0 Å². The van der Waals surface area contributed by atoms with E-state index in [4.69, 9.17) is 5.73 Å². The molecule has 0 radical (unpaired) electrons. The lowest BCUT2D eigenvalue weighted by Gasteiger charge is -2.15. The molecule has 1 heterocycles. The smallest absolute Gasteiger partial charge is 0.239 e. The highest BCUT2D eigenvalue weighted by Crippen LogP contribution is 2.07. The van der Waals surface area contributed by atoms with Crippen LogP contribution in [0.15, 0.2) is 0 Å². The van der Waals surface area contributed by atoms with Gasteiger partial charge >= 0.3 is 0 Å². The van der Waals surface area contributed by atoms with E-state index in [0.29, 0.717) is 0 Å². The summed E-state index contributed by atoms with van der Waals surface area (Å²) in [5, 5.41) is 0. The average molecular weight is 179 g/mol. The SMILES string of the molecule is CN1CCCC[C@H](N)C1=O.Cl. The lowest BCUT2D eigenvalue weighted by molar-refractivity contribution is -0.130. The molecule has 0 bridgehead atoms. The molecule has 1 atom stereocenters. The fourth-order valence-corrected chi connectivity index (χ4v) is 1.23. The molecule has 0 unspecified atom stereocenters. The van der Waals surface area contributed by atoms with Crippen LogP contribution in [0, 0.1) is 0 Å². The second kappa shape index (κ2) is 4.57. The molecule has 0 spiro atoms. The van der Waals surface area contributed by atoms with Gasteiger partial charge in [0.15, 0.2) is 0 Å². The van der Waals surface area contributed by atoms with Crippen LogP contribution in [0.1, 0.15) is 19.3 Å². The first-order chi connectivity index (χ1) is 4.72. The van der Waals surface area contributed by atoms with Gasteiger partial charge in [-0.1, -0.05) is 0 Å². The normalized spacial score (nSPS) is 25.8. The fraction of sp³-hybridized carbons (Fsp3) is 0.857. The number of hydrogen-bond acceptors (Lipinski definition) is 2. The second-order valence-corrected chi connectivity index (χ2v) is 2.86. The third kappa shape index (κ3) is 2.67. The number of halogens is 1. The maximum absolute atomic E-state index is 11.1. The van der Waals surface area contributed by atoms with E-state index in [-0.39, 0.29) is 24.4 Å². The van der Waals surface area contributed by atoms with Crippen LogP contribution < -0.4 is 5.73 Å². The van der Waals surface area contributed by atoms with Gasteiger partial charge in [0.05, 0.1) is 6.04 Å². The monoisotopic (exact) mass is 178 g/mol. The van der Waals surface area contributed by atoms with Crippen molar-refractivity contribution in [1.82, 2.24) is 4.90 Å². The predicted molar refractivity (Wildman–Crippen MR) is 46.7 cm³/mol. The summed E-state index contributed by atoms with van der Waals surface area (Å²) in [6.07, 6.45) is 3.02. The third-order valence-corrected chi connectivity index (χ3v) is 1.95. The predicted octanol–water partition coefficient (Wildman–Crippen LogP) is 0.378. The highest BCUT2D eigenvalue weighted by molar-refractivity contribution is 5.85. The lowest BCUT2D eigenvalue weighted by Crippen LogP contribution is -2.39. The van der Waals surface area contributed by atoms with Crippen LogP contribution in [0.3, 0.4) is 0 Å². The van der Waals surface area contributed by atoms with Crippen molar-refractivity contribution in [2.45, 2.75) is 25.3 Å². The van der Waals surface area contributed by atoms with Crippen molar-refractivity contribution >= 4 is 18.3 Å². The highest BCUT2D eigenvalue weighted by Gasteiger charge is 2.19. The lowest BCUT2D eigenvalue weighted by atomic mass is 10.1. The first kappa shape index (κ1) is 10.7. The van der Waals surface area contributed by atoms with Crippen molar-refractivity contribution in [3.63, 3.8) is 0 Å². The Hall–Kier alpha value is -0.280. The van der Waals surface area contributed by atoms with E-state index in [2.05, 4.69) is 0 Å². The van der Waals surface area contributed by atoms with Crippen molar-refractivity contribution in [2.24, 2.45) is 5.73 Å². The zero-order valence-corrected chi connectivity index (χ0v) is 7.56. The first-order valence-electron chi connectivity index (χ1n) is 3.72. The molecule has 0 aliphatic carbocycles. The number of hydrogen-bond donors (Lipinski definition) is 1. The number of likely N-dealkylation sites (N-methyl/N-ethyl adjacent to an activating group) is 1. The van der Waals surface area contributed by atoms with Gasteiger partial charge in [-0.3, -0.25) is 4.79 Å². The largest absolute Gasteiger partial charge is 0.344 e. The Labute approximate surface area is 73.3 Å². The van der Waals surface area contributed by atoms with Crippen molar-refractivity contribution < 1.29 is 4.79 Å². The van der Waals surface area contributed by atoms with Crippen LogP contribution in [-0.4, -0.2) is 30.4 Å². The minimum absolute atomic E-state index is 0. The number of likely N-dealkylation sites (tertiary alicyclic amines) is 1. The Morgan fingerprint density at radius 2 is 2.18 bits per heavy atom. The zero-order valence-electron chi connectivity index (χ0n) is 6.75. The number of nitrogens with two attached hydrogens (primary N) is 1. The molecule has 0 saturated carbocycles. The molecule has 1 aliphatic heterocycles. The van der Waals surface area contributed by atoms with E-state index in [1.165, 1.54) is 0 Å². The first-order valence-corrected chi connectivity index (χ1v) is 3.72. The molecule has 66 valence electrons. The number of carbonyl (C=O) groups is 1. The minimum atomic E-state index is -0.243. The second-order valence-electron chi connectivity index (χ2n) is 2.86. The van der Waals surface area contributed by atoms with Gasteiger partial charge in [-0.15, -0.1) is 12.4 Å². The van der Waals surface area contributed by atoms with Gasteiger partial charge in [-0.2, -0.15) is 0 Å². The van der Waals surface area contributed by atoms with Gasteiger partial charge < -0.3 is 10.6 Å². The number of carbonyl (C=O) groups excluding carboxylic acids is 1. The molecule has 1 rings (SSSR count). The van der Waals surface area contributed by atoms with E-state index in [1.807, 2.05) is 7.05 Å². The highest BCUT2D eigenvalue weighted by atomic mass is 35.5. The molecule has 11 heavy (non-hydrogen) atoms.